The molecule has 4 nitrogen and oxygen atoms in total. The predicted molar refractivity (Wildman–Crippen MR) is 59.5 cm³/mol. The molecular weight excluding hydrogens is 190 g/mol. The molecule has 4 heteroatoms. The van der Waals surface area contributed by atoms with Gasteiger partial charge in [-0.15, -0.1) is 0 Å². The lowest BCUT2D eigenvalue weighted by Gasteiger charge is -2.34. The third kappa shape index (κ3) is 1.95. The number of hydrogen-bond donors (Lipinski definition) is 1. The fourth-order valence-corrected chi connectivity index (χ4v) is 2.55. The summed E-state index contributed by atoms with van der Waals surface area (Å²) in [6.07, 6.45) is 4.85. The van der Waals surface area contributed by atoms with Crippen molar-refractivity contribution in [3.05, 3.63) is 0 Å². The quantitative estimate of drug-likeness (QED) is 0.750. The molecule has 0 bridgehead atoms. The average molecular weight is 211 g/mol. The highest BCUT2D eigenvalue weighted by atomic mass is 16.2. The third-order valence-corrected chi connectivity index (χ3v) is 3.80. The number of carbonyl (C=O) groups is 1. The molecule has 0 aromatic heterocycles. The van der Waals surface area contributed by atoms with E-state index in [4.69, 9.17) is 5.73 Å². The summed E-state index contributed by atoms with van der Waals surface area (Å²) in [5, 5.41) is 0. The lowest BCUT2D eigenvalue weighted by molar-refractivity contribution is 0.164. The zero-order valence-corrected chi connectivity index (χ0v) is 9.48. The van der Waals surface area contributed by atoms with Crippen molar-refractivity contribution < 1.29 is 4.79 Å². The first-order valence-corrected chi connectivity index (χ1v) is 5.96. The molecule has 2 fully saturated rings. The van der Waals surface area contributed by atoms with Crippen LogP contribution in [0.3, 0.4) is 0 Å². The van der Waals surface area contributed by atoms with E-state index in [1.165, 1.54) is 19.3 Å². The zero-order valence-electron chi connectivity index (χ0n) is 9.48. The molecule has 86 valence electrons. The zero-order chi connectivity index (χ0) is 10.8. The van der Waals surface area contributed by atoms with Crippen LogP contribution in [0.5, 0.6) is 0 Å². The Kier molecular flexibility index (Phi) is 3.14. The molecule has 1 saturated carbocycles. The van der Waals surface area contributed by atoms with E-state index in [1.807, 2.05) is 16.8 Å². The van der Waals surface area contributed by atoms with Gasteiger partial charge in [0.2, 0.25) is 0 Å². The molecule has 0 radical (unpaired) electrons. The Bertz CT molecular complexity index is 240. The van der Waals surface area contributed by atoms with Gasteiger partial charge >= 0.3 is 6.03 Å². The molecule has 2 amide bonds. The summed E-state index contributed by atoms with van der Waals surface area (Å²) in [7, 11) is 1.94. The van der Waals surface area contributed by atoms with Crippen LogP contribution in [0, 0.1) is 5.92 Å². The van der Waals surface area contributed by atoms with Crippen molar-refractivity contribution in [3.8, 4) is 0 Å². The van der Waals surface area contributed by atoms with E-state index >= 15 is 0 Å². The standard InChI is InChI=1S/C11H21N3O/c1-13-10(9-4-2-5-9)8-14(11(13)15)7-3-6-12/h9-10H,2-8,12H2,1H3. The van der Waals surface area contributed by atoms with Gasteiger partial charge in [0.1, 0.15) is 0 Å². The topological polar surface area (TPSA) is 49.6 Å². The first-order chi connectivity index (χ1) is 7.24. The highest BCUT2D eigenvalue weighted by Gasteiger charge is 2.40. The van der Waals surface area contributed by atoms with Crippen molar-refractivity contribution in [2.75, 3.05) is 26.7 Å². The predicted octanol–water partition coefficient (Wildman–Crippen LogP) is 0.871. The molecule has 1 heterocycles. The Labute approximate surface area is 91.4 Å². The largest absolute Gasteiger partial charge is 0.330 e. The van der Waals surface area contributed by atoms with Crippen LogP contribution in [0.25, 0.3) is 0 Å². The van der Waals surface area contributed by atoms with Crippen molar-refractivity contribution in [2.45, 2.75) is 31.7 Å². The first kappa shape index (κ1) is 10.7. The van der Waals surface area contributed by atoms with Crippen molar-refractivity contribution in [1.29, 1.82) is 0 Å². The van der Waals surface area contributed by atoms with Crippen LogP contribution < -0.4 is 5.73 Å². The molecule has 1 unspecified atom stereocenters. The number of urea groups is 1. The van der Waals surface area contributed by atoms with Crippen molar-refractivity contribution in [1.82, 2.24) is 9.80 Å². The van der Waals surface area contributed by atoms with Crippen LogP contribution >= 0.6 is 0 Å². The van der Waals surface area contributed by atoms with E-state index in [0.29, 0.717) is 12.6 Å². The van der Waals surface area contributed by atoms with Gasteiger partial charge in [0.05, 0.1) is 6.04 Å². The Balaban J connectivity index is 1.91. The molecule has 1 aliphatic carbocycles. The van der Waals surface area contributed by atoms with E-state index in [9.17, 15) is 4.79 Å². The van der Waals surface area contributed by atoms with Gasteiger partial charge in [-0.2, -0.15) is 0 Å². The summed E-state index contributed by atoms with van der Waals surface area (Å²) in [5.74, 6) is 0.752. The maximum absolute atomic E-state index is 11.9. The number of amides is 2. The van der Waals surface area contributed by atoms with Crippen molar-refractivity contribution >= 4 is 6.03 Å². The van der Waals surface area contributed by atoms with Crippen molar-refractivity contribution in [2.24, 2.45) is 11.7 Å². The number of rotatable bonds is 4. The Hall–Kier alpha value is -0.770. The minimum Gasteiger partial charge on any atom is -0.330 e. The van der Waals surface area contributed by atoms with Gasteiger partial charge in [0, 0.05) is 20.1 Å². The van der Waals surface area contributed by atoms with Crippen LogP contribution in [0.1, 0.15) is 25.7 Å². The summed E-state index contributed by atoms with van der Waals surface area (Å²) in [4.78, 5) is 15.8. The van der Waals surface area contributed by atoms with Crippen LogP contribution in [-0.2, 0) is 0 Å². The van der Waals surface area contributed by atoms with Gasteiger partial charge in [-0.25, -0.2) is 4.79 Å². The van der Waals surface area contributed by atoms with Crippen LogP contribution in [0.2, 0.25) is 0 Å². The van der Waals surface area contributed by atoms with Gasteiger partial charge in [-0.1, -0.05) is 6.42 Å². The molecule has 1 atom stereocenters. The summed E-state index contributed by atoms with van der Waals surface area (Å²) in [5.41, 5.74) is 5.47. The Morgan fingerprint density at radius 3 is 2.73 bits per heavy atom. The maximum Gasteiger partial charge on any atom is 0.320 e. The molecular formula is C11H21N3O. The van der Waals surface area contributed by atoms with Crippen LogP contribution in [0.15, 0.2) is 0 Å². The molecule has 2 rings (SSSR count). The molecule has 0 aromatic carbocycles. The number of hydrogen-bond acceptors (Lipinski definition) is 2. The SMILES string of the molecule is CN1C(=O)N(CCCN)CC1C1CCC1. The molecule has 0 aromatic rings. The maximum atomic E-state index is 11.9. The monoisotopic (exact) mass is 211 g/mol. The third-order valence-electron chi connectivity index (χ3n) is 3.80. The van der Waals surface area contributed by atoms with Gasteiger partial charge < -0.3 is 15.5 Å². The summed E-state index contributed by atoms with van der Waals surface area (Å²) < 4.78 is 0. The molecule has 0 spiro atoms. The second-order valence-corrected chi connectivity index (χ2v) is 4.74. The fraction of sp³-hybridized carbons (Fsp3) is 0.909. The normalized spacial score (nSPS) is 27.3. The number of carbonyl (C=O) groups excluding carboxylic acids is 1. The second-order valence-electron chi connectivity index (χ2n) is 4.74. The first-order valence-electron chi connectivity index (χ1n) is 5.96. The Morgan fingerprint density at radius 1 is 1.47 bits per heavy atom. The molecule has 1 aliphatic heterocycles. The van der Waals surface area contributed by atoms with Crippen LogP contribution in [-0.4, -0.2) is 48.6 Å². The summed E-state index contributed by atoms with van der Waals surface area (Å²) >= 11 is 0. The van der Waals surface area contributed by atoms with E-state index in [2.05, 4.69) is 0 Å². The Morgan fingerprint density at radius 2 is 2.20 bits per heavy atom. The lowest BCUT2D eigenvalue weighted by atomic mass is 9.79. The number of likely N-dealkylation sites (N-methyl/N-ethyl adjacent to an activating group) is 1. The minimum atomic E-state index is 0.195. The highest BCUT2D eigenvalue weighted by molar-refractivity contribution is 5.76. The van der Waals surface area contributed by atoms with E-state index in [0.717, 1.165) is 25.4 Å². The summed E-state index contributed by atoms with van der Waals surface area (Å²) in [6, 6.07) is 0.657. The van der Waals surface area contributed by atoms with Gasteiger partial charge in [-0.05, 0) is 31.7 Å². The molecule has 2 aliphatic rings. The smallest absolute Gasteiger partial charge is 0.320 e. The number of nitrogens with zero attached hydrogens (tertiary/aromatic N) is 2. The lowest BCUT2D eigenvalue weighted by Crippen LogP contribution is -2.39. The van der Waals surface area contributed by atoms with Gasteiger partial charge in [-0.3, -0.25) is 0 Å². The van der Waals surface area contributed by atoms with Crippen molar-refractivity contribution in [3.63, 3.8) is 0 Å². The molecule has 15 heavy (non-hydrogen) atoms. The van der Waals surface area contributed by atoms with E-state index < -0.39 is 0 Å². The minimum absolute atomic E-state index is 0.195. The number of nitrogens with two attached hydrogens (primary N) is 1. The second kappa shape index (κ2) is 4.39. The summed E-state index contributed by atoms with van der Waals surface area (Å²) in [6.45, 7) is 2.41. The average Bonchev–Trinajstić information content (AvgIpc) is 2.41. The fourth-order valence-electron chi connectivity index (χ4n) is 2.55. The molecule has 1 saturated heterocycles. The van der Waals surface area contributed by atoms with Crippen LogP contribution in [0.4, 0.5) is 4.79 Å². The van der Waals surface area contributed by atoms with Gasteiger partial charge in [0.15, 0.2) is 0 Å². The van der Waals surface area contributed by atoms with Gasteiger partial charge in [0.25, 0.3) is 0 Å². The highest BCUT2D eigenvalue weighted by Crippen LogP contribution is 2.34. The molecule has 2 N–H and O–H groups in total. The van der Waals surface area contributed by atoms with E-state index in [-0.39, 0.29) is 6.03 Å². The van der Waals surface area contributed by atoms with E-state index in [1.54, 1.807) is 0 Å².